The normalized spacial score (nSPS) is 10.5. The van der Waals surface area contributed by atoms with Crippen LogP contribution in [0.5, 0.6) is 5.75 Å². The van der Waals surface area contributed by atoms with E-state index in [9.17, 15) is 14.7 Å². The summed E-state index contributed by atoms with van der Waals surface area (Å²) in [6.07, 6.45) is 1.42. The van der Waals surface area contributed by atoms with E-state index in [1.54, 1.807) is 30.3 Å². The van der Waals surface area contributed by atoms with Crippen molar-refractivity contribution in [2.75, 3.05) is 7.11 Å². The number of esters is 1. The Labute approximate surface area is 140 Å². The second kappa shape index (κ2) is 7.55. The number of phenolic OH excluding ortho intramolecular Hbond substituents is 1. The van der Waals surface area contributed by atoms with E-state index in [2.05, 4.69) is 31.2 Å². The molecule has 0 aliphatic heterocycles. The van der Waals surface area contributed by atoms with Crippen molar-refractivity contribution in [3.8, 4) is 5.75 Å². The molecule has 23 heavy (non-hydrogen) atoms. The van der Waals surface area contributed by atoms with Crippen LogP contribution in [0.3, 0.4) is 0 Å². The molecule has 7 heteroatoms. The Bertz CT molecular complexity index is 757. The Hall–Kier alpha value is -2.67. The molecule has 6 nitrogen and oxygen atoms in total. The quantitative estimate of drug-likeness (QED) is 0.487. The molecular formula is C16H13BrN2O4. The zero-order chi connectivity index (χ0) is 16.8. The molecule has 0 unspecified atom stereocenters. The number of hydrogen-bond acceptors (Lipinski definition) is 5. The Morgan fingerprint density at radius 2 is 1.91 bits per heavy atom. The van der Waals surface area contributed by atoms with Gasteiger partial charge in [-0.25, -0.2) is 10.2 Å². The average Bonchev–Trinajstić information content (AvgIpc) is 2.56. The van der Waals surface area contributed by atoms with E-state index in [1.165, 1.54) is 25.5 Å². The van der Waals surface area contributed by atoms with E-state index >= 15 is 0 Å². The number of carbonyl (C=O) groups excluding carboxylic acids is 2. The number of nitrogens with one attached hydrogen (secondary N) is 1. The summed E-state index contributed by atoms with van der Waals surface area (Å²) in [6, 6.07) is 11.0. The minimum atomic E-state index is -0.536. The summed E-state index contributed by atoms with van der Waals surface area (Å²) in [5.41, 5.74) is 3.55. The van der Waals surface area contributed by atoms with Crippen molar-refractivity contribution in [1.82, 2.24) is 5.43 Å². The van der Waals surface area contributed by atoms with Crippen LogP contribution in [0.4, 0.5) is 0 Å². The van der Waals surface area contributed by atoms with Crippen molar-refractivity contribution in [3.05, 3.63) is 63.6 Å². The maximum atomic E-state index is 11.9. The smallest absolute Gasteiger partial charge is 0.337 e. The molecule has 0 radical (unpaired) electrons. The van der Waals surface area contributed by atoms with Gasteiger partial charge in [0.1, 0.15) is 5.75 Å². The monoisotopic (exact) mass is 376 g/mol. The lowest BCUT2D eigenvalue weighted by Crippen LogP contribution is -2.17. The molecule has 0 saturated carbocycles. The first kappa shape index (κ1) is 16.7. The predicted molar refractivity (Wildman–Crippen MR) is 88.6 cm³/mol. The van der Waals surface area contributed by atoms with Gasteiger partial charge in [-0.05, 0) is 35.9 Å². The molecule has 0 heterocycles. The topological polar surface area (TPSA) is 88.0 Å². The van der Waals surface area contributed by atoms with E-state index in [-0.39, 0.29) is 11.3 Å². The second-order valence-corrected chi connectivity index (χ2v) is 5.39. The van der Waals surface area contributed by atoms with Crippen LogP contribution < -0.4 is 5.43 Å². The number of hydrogen-bond donors (Lipinski definition) is 2. The maximum Gasteiger partial charge on any atom is 0.337 e. The van der Waals surface area contributed by atoms with Crippen LogP contribution in [0.25, 0.3) is 0 Å². The molecule has 2 aromatic carbocycles. The van der Waals surface area contributed by atoms with Gasteiger partial charge in [0.15, 0.2) is 0 Å². The van der Waals surface area contributed by atoms with Crippen LogP contribution >= 0.6 is 15.9 Å². The molecule has 0 aromatic heterocycles. The van der Waals surface area contributed by atoms with Crippen LogP contribution in [-0.2, 0) is 4.74 Å². The third kappa shape index (κ3) is 4.40. The van der Waals surface area contributed by atoms with Crippen LogP contribution in [0.1, 0.15) is 26.3 Å². The molecule has 2 aromatic rings. The number of nitrogens with zero attached hydrogens (tertiary/aromatic N) is 1. The van der Waals surface area contributed by atoms with E-state index < -0.39 is 11.9 Å². The third-order valence-electron chi connectivity index (χ3n) is 2.91. The molecule has 2 rings (SSSR count). The Kier molecular flexibility index (Phi) is 5.48. The lowest BCUT2D eigenvalue weighted by Gasteiger charge is -2.03. The predicted octanol–water partition coefficient (Wildman–Crippen LogP) is 2.71. The van der Waals surface area contributed by atoms with Gasteiger partial charge in [0.05, 0.1) is 24.5 Å². The number of benzene rings is 2. The number of hydrazone groups is 1. The summed E-state index contributed by atoms with van der Waals surface area (Å²) in [5.74, 6) is -1.10. The molecule has 118 valence electrons. The number of halogens is 1. The number of phenols is 1. The first-order valence-electron chi connectivity index (χ1n) is 6.51. The SMILES string of the molecule is COC(=O)c1ccc(/C=N\NC(=O)c2cc(Br)ccc2O)cc1. The molecule has 0 fully saturated rings. The van der Waals surface area contributed by atoms with Gasteiger partial charge < -0.3 is 9.84 Å². The summed E-state index contributed by atoms with van der Waals surface area (Å²) in [5, 5.41) is 13.5. The third-order valence-corrected chi connectivity index (χ3v) is 3.41. The molecule has 0 aliphatic rings. The highest BCUT2D eigenvalue weighted by molar-refractivity contribution is 9.10. The minimum absolute atomic E-state index is 0.109. The van der Waals surface area contributed by atoms with Crippen molar-refractivity contribution in [2.24, 2.45) is 5.10 Å². The van der Waals surface area contributed by atoms with Crippen molar-refractivity contribution in [2.45, 2.75) is 0 Å². The summed E-state index contributed by atoms with van der Waals surface area (Å²) >= 11 is 3.23. The van der Waals surface area contributed by atoms with Crippen molar-refractivity contribution < 1.29 is 19.4 Å². The zero-order valence-electron chi connectivity index (χ0n) is 12.1. The lowest BCUT2D eigenvalue weighted by atomic mass is 10.1. The summed E-state index contributed by atoms with van der Waals surface area (Å²) in [6.45, 7) is 0. The number of amides is 1. The van der Waals surface area contributed by atoms with Gasteiger partial charge in [0.25, 0.3) is 5.91 Å². The molecule has 1 amide bonds. The van der Waals surface area contributed by atoms with Crippen LogP contribution in [0.2, 0.25) is 0 Å². The van der Waals surface area contributed by atoms with Crippen molar-refractivity contribution >= 4 is 34.0 Å². The van der Waals surface area contributed by atoms with Gasteiger partial charge in [-0.2, -0.15) is 5.10 Å². The van der Waals surface area contributed by atoms with Gasteiger partial charge in [-0.3, -0.25) is 4.79 Å². The second-order valence-electron chi connectivity index (χ2n) is 4.47. The molecule has 0 aliphatic carbocycles. The van der Waals surface area contributed by atoms with Gasteiger partial charge in [-0.15, -0.1) is 0 Å². The average molecular weight is 377 g/mol. The van der Waals surface area contributed by atoms with E-state index in [0.29, 0.717) is 15.6 Å². The Balaban J connectivity index is 2.02. The highest BCUT2D eigenvalue weighted by Crippen LogP contribution is 2.21. The largest absolute Gasteiger partial charge is 0.507 e. The molecular weight excluding hydrogens is 364 g/mol. The number of ether oxygens (including phenoxy) is 1. The minimum Gasteiger partial charge on any atom is -0.507 e. The maximum absolute atomic E-state index is 11.9. The van der Waals surface area contributed by atoms with Gasteiger partial charge in [-0.1, -0.05) is 28.1 Å². The fourth-order valence-electron chi connectivity index (χ4n) is 1.74. The van der Waals surface area contributed by atoms with Crippen LogP contribution in [-0.4, -0.2) is 30.3 Å². The Morgan fingerprint density at radius 1 is 1.22 bits per heavy atom. The van der Waals surface area contributed by atoms with E-state index in [1.807, 2.05) is 0 Å². The lowest BCUT2D eigenvalue weighted by molar-refractivity contribution is 0.0600. The summed E-state index contributed by atoms with van der Waals surface area (Å²) in [7, 11) is 1.31. The van der Waals surface area contributed by atoms with Crippen LogP contribution in [0.15, 0.2) is 52.0 Å². The van der Waals surface area contributed by atoms with E-state index in [0.717, 1.165) is 0 Å². The zero-order valence-corrected chi connectivity index (χ0v) is 13.7. The van der Waals surface area contributed by atoms with Gasteiger partial charge >= 0.3 is 5.97 Å². The first-order chi connectivity index (χ1) is 11.0. The molecule has 0 bridgehead atoms. The van der Waals surface area contributed by atoms with Gasteiger partial charge in [0, 0.05) is 4.47 Å². The first-order valence-corrected chi connectivity index (χ1v) is 7.31. The fourth-order valence-corrected chi connectivity index (χ4v) is 2.10. The number of aromatic hydroxyl groups is 1. The Morgan fingerprint density at radius 3 is 2.57 bits per heavy atom. The fraction of sp³-hybridized carbons (Fsp3) is 0.0625. The van der Waals surface area contributed by atoms with Crippen LogP contribution in [0, 0.1) is 0 Å². The highest BCUT2D eigenvalue weighted by atomic mass is 79.9. The van der Waals surface area contributed by atoms with Crippen molar-refractivity contribution in [3.63, 3.8) is 0 Å². The number of methoxy groups -OCH3 is 1. The van der Waals surface area contributed by atoms with Crippen molar-refractivity contribution in [1.29, 1.82) is 0 Å². The highest BCUT2D eigenvalue weighted by Gasteiger charge is 2.10. The number of carbonyl (C=O) groups is 2. The summed E-state index contributed by atoms with van der Waals surface area (Å²) < 4.78 is 5.27. The molecule has 2 N–H and O–H groups in total. The molecule has 0 saturated heterocycles. The van der Waals surface area contributed by atoms with E-state index in [4.69, 9.17) is 0 Å². The van der Waals surface area contributed by atoms with Gasteiger partial charge in [0.2, 0.25) is 0 Å². The number of rotatable bonds is 4. The summed E-state index contributed by atoms with van der Waals surface area (Å²) in [4.78, 5) is 23.2. The standard InChI is InChI=1S/C16H13BrN2O4/c1-23-16(22)11-4-2-10(3-5-11)9-18-19-15(21)13-8-12(17)6-7-14(13)20/h2-9,20H,1H3,(H,19,21)/b18-9-. The molecule has 0 spiro atoms. The molecule has 0 atom stereocenters.